The van der Waals surface area contributed by atoms with Gasteiger partial charge >= 0.3 is 6.18 Å². The van der Waals surface area contributed by atoms with Crippen LogP contribution in [-0.2, 0) is 6.18 Å². The van der Waals surface area contributed by atoms with E-state index in [-0.39, 0.29) is 17.1 Å². The third-order valence-electron chi connectivity index (χ3n) is 5.38. The van der Waals surface area contributed by atoms with E-state index in [4.69, 9.17) is 5.41 Å². The highest BCUT2D eigenvalue weighted by Gasteiger charge is 2.31. The van der Waals surface area contributed by atoms with E-state index >= 15 is 0 Å². The van der Waals surface area contributed by atoms with Crippen LogP contribution in [0.25, 0.3) is 11.4 Å². The molecule has 4 aromatic rings. The molecule has 0 aliphatic carbocycles. The van der Waals surface area contributed by atoms with Crippen LogP contribution in [0.4, 0.5) is 23.2 Å². The van der Waals surface area contributed by atoms with Crippen molar-refractivity contribution in [2.75, 3.05) is 5.32 Å². The molecule has 2 aromatic carbocycles. The number of nitrogens with one attached hydrogen (secondary N) is 2. The van der Waals surface area contributed by atoms with Gasteiger partial charge in [-0.25, -0.2) is 13.8 Å². The Bertz CT molecular complexity index is 1400. The van der Waals surface area contributed by atoms with Crippen LogP contribution in [0.5, 0.6) is 0 Å². The Morgan fingerprint density at radius 3 is 2.51 bits per heavy atom. The van der Waals surface area contributed by atoms with Gasteiger partial charge in [-0.2, -0.15) is 23.4 Å². The Balaban J connectivity index is 1.72. The van der Waals surface area contributed by atoms with Crippen LogP contribution in [0, 0.1) is 17.1 Å². The van der Waals surface area contributed by atoms with Gasteiger partial charge in [-0.3, -0.25) is 4.79 Å². The largest absolute Gasteiger partial charge is 0.416 e. The molecule has 0 radical (unpaired) electrons. The molecule has 2 atom stereocenters. The molecule has 7 nitrogen and oxygen atoms in total. The van der Waals surface area contributed by atoms with Crippen molar-refractivity contribution in [2.45, 2.75) is 19.1 Å². The highest BCUT2D eigenvalue weighted by molar-refractivity contribution is 5.60. The summed E-state index contributed by atoms with van der Waals surface area (Å²) in [6, 6.07) is 10.8. The number of anilines is 1. The molecule has 2 heterocycles. The van der Waals surface area contributed by atoms with Gasteiger partial charge in [-0.15, -0.1) is 0 Å². The van der Waals surface area contributed by atoms with Gasteiger partial charge < -0.3 is 10.7 Å². The number of halogens is 4. The second-order valence-corrected chi connectivity index (χ2v) is 7.82. The standard InChI is InChI=1S/C24H20F4N6O/c1-15(14-29)22(31-17-5-2-4-16(12-17)24(26,27)28)23-21(35)8-11-34(32-23)20-7-6-18(13-19(20)25)33-10-3-9-30-33/h2-15,22,29,31H,1H3. The first kappa shape index (κ1) is 23.9. The van der Waals surface area contributed by atoms with Crippen molar-refractivity contribution in [2.24, 2.45) is 5.92 Å². The Hall–Kier alpha value is -4.28. The van der Waals surface area contributed by atoms with E-state index in [1.807, 2.05) is 0 Å². The van der Waals surface area contributed by atoms with Crippen LogP contribution in [0.15, 0.2) is 78.0 Å². The highest BCUT2D eigenvalue weighted by Crippen LogP contribution is 2.32. The van der Waals surface area contributed by atoms with E-state index < -0.39 is 34.9 Å². The fourth-order valence-electron chi connectivity index (χ4n) is 3.53. The number of hydrogen-bond acceptors (Lipinski definition) is 5. The minimum atomic E-state index is -4.54. The van der Waals surface area contributed by atoms with E-state index in [1.54, 1.807) is 31.5 Å². The van der Waals surface area contributed by atoms with Gasteiger partial charge in [-0.1, -0.05) is 13.0 Å². The van der Waals surface area contributed by atoms with Crippen molar-refractivity contribution in [3.8, 4) is 11.4 Å². The zero-order valence-electron chi connectivity index (χ0n) is 18.4. The zero-order chi connectivity index (χ0) is 25.2. The molecule has 35 heavy (non-hydrogen) atoms. The Morgan fingerprint density at radius 1 is 1.06 bits per heavy atom. The molecule has 2 aromatic heterocycles. The minimum absolute atomic E-state index is 0.0579. The van der Waals surface area contributed by atoms with Gasteiger partial charge in [0.15, 0.2) is 5.82 Å². The zero-order valence-corrected chi connectivity index (χ0v) is 18.4. The Morgan fingerprint density at radius 2 is 1.86 bits per heavy atom. The van der Waals surface area contributed by atoms with E-state index in [2.05, 4.69) is 15.5 Å². The molecule has 11 heteroatoms. The monoisotopic (exact) mass is 484 g/mol. The maximum absolute atomic E-state index is 15.0. The van der Waals surface area contributed by atoms with Crippen molar-refractivity contribution in [3.05, 3.63) is 100 Å². The lowest BCUT2D eigenvalue weighted by Crippen LogP contribution is -2.29. The lowest BCUT2D eigenvalue weighted by atomic mass is 9.98. The summed E-state index contributed by atoms with van der Waals surface area (Å²) in [5, 5.41) is 18.9. The maximum Gasteiger partial charge on any atom is 0.416 e. The fourth-order valence-corrected chi connectivity index (χ4v) is 3.53. The first-order valence-electron chi connectivity index (χ1n) is 10.5. The van der Waals surface area contributed by atoms with Crippen LogP contribution in [-0.4, -0.2) is 25.8 Å². The van der Waals surface area contributed by atoms with E-state index in [9.17, 15) is 22.4 Å². The second kappa shape index (κ2) is 9.53. The van der Waals surface area contributed by atoms with E-state index in [0.717, 1.165) is 18.3 Å². The van der Waals surface area contributed by atoms with Crippen LogP contribution < -0.4 is 10.7 Å². The van der Waals surface area contributed by atoms with E-state index in [0.29, 0.717) is 5.69 Å². The summed E-state index contributed by atoms with van der Waals surface area (Å²) in [5.41, 5.74) is -0.794. The van der Waals surface area contributed by atoms with Crippen molar-refractivity contribution in [1.82, 2.24) is 19.6 Å². The number of rotatable bonds is 7. The molecule has 2 N–H and O–H groups in total. The third kappa shape index (κ3) is 5.13. The predicted molar refractivity (Wildman–Crippen MR) is 123 cm³/mol. The third-order valence-corrected chi connectivity index (χ3v) is 5.38. The lowest BCUT2D eigenvalue weighted by Gasteiger charge is -2.23. The minimum Gasteiger partial charge on any atom is -0.376 e. The molecule has 2 unspecified atom stereocenters. The topological polar surface area (TPSA) is 88.6 Å². The van der Waals surface area contributed by atoms with Crippen molar-refractivity contribution in [3.63, 3.8) is 0 Å². The lowest BCUT2D eigenvalue weighted by molar-refractivity contribution is -0.137. The normalized spacial score (nSPS) is 13.3. The average molecular weight is 484 g/mol. The number of hydrogen-bond donors (Lipinski definition) is 2. The number of aromatic nitrogens is 4. The van der Waals surface area contributed by atoms with Crippen LogP contribution in [0.2, 0.25) is 0 Å². The Labute approximate surface area is 197 Å². The molecule has 0 aliphatic heterocycles. The van der Waals surface area contributed by atoms with Gasteiger partial charge in [0, 0.05) is 48.5 Å². The molecule has 0 fully saturated rings. The molecule has 180 valence electrons. The van der Waals surface area contributed by atoms with E-state index in [1.165, 1.54) is 45.9 Å². The summed E-state index contributed by atoms with van der Waals surface area (Å²) in [7, 11) is 0. The summed E-state index contributed by atoms with van der Waals surface area (Å²) in [6.07, 6.45) is 1.03. The van der Waals surface area contributed by atoms with Gasteiger partial charge in [0.2, 0.25) is 5.43 Å². The molecule has 0 spiro atoms. The SMILES string of the molecule is CC(C=N)C(Nc1cccc(C(F)(F)F)c1)c1nn(-c2ccc(-n3cccn3)cc2F)ccc1=O. The first-order valence-corrected chi connectivity index (χ1v) is 10.5. The highest BCUT2D eigenvalue weighted by atomic mass is 19.4. The summed E-state index contributed by atoms with van der Waals surface area (Å²) >= 11 is 0. The maximum atomic E-state index is 15.0. The predicted octanol–water partition coefficient (Wildman–Crippen LogP) is 5.01. The number of alkyl halides is 3. The molecule has 0 aliphatic rings. The molecule has 0 saturated heterocycles. The number of nitrogens with zero attached hydrogens (tertiary/aromatic N) is 4. The average Bonchev–Trinajstić information content (AvgIpc) is 3.37. The van der Waals surface area contributed by atoms with Crippen LogP contribution in [0.1, 0.15) is 24.2 Å². The quantitative estimate of drug-likeness (QED) is 0.285. The molecule has 4 rings (SSSR count). The summed E-state index contributed by atoms with van der Waals surface area (Å²) in [4.78, 5) is 12.7. The smallest absolute Gasteiger partial charge is 0.376 e. The molecule has 0 saturated carbocycles. The second-order valence-electron chi connectivity index (χ2n) is 7.82. The van der Waals surface area contributed by atoms with Gasteiger partial charge in [0.25, 0.3) is 0 Å². The fraction of sp³-hybridized carbons (Fsp3) is 0.167. The summed E-state index contributed by atoms with van der Waals surface area (Å²) < 4.78 is 57.0. The first-order chi connectivity index (χ1) is 16.7. The van der Waals surface area contributed by atoms with Crippen molar-refractivity contribution >= 4 is 11.9 Å². The number of benzene rings is 2. The van der Waals surface area contributed by atoms with Crippen molar-refractivity contribution in [1.29, 1.82) is 5.41 Å². The molecular weight excluding hydrogens is 464 g/mol. The molecular formula is C24H20F4N6O. The molecule has 0 bridgehead atoms. The van der Waals surface area contributed by atoms with Crippen molar-refractivity contribution < 1.29 is 17.6 Å². The summed E-state index contributed by atoms with van der Waals surface area (Å²) in [6.45, 7) is 1.62. The summed E-state index contributed by atoms with van der Waals surface area (Å²) in [5.74, 6) is -1.24. The molecule has 0 amide bonds. The van der Waals surface area contributed by atoms with Crippen LogP contribution in [0.3, 0.4) is 0 Å². The van der Waals surface area contributed by atoms with Gasteiger partial charge in [-0.05, 0) is 36.4 Å². The van der Waals surface area contributed by atoms with Crippen LogP contribution >= 0.6 is 0 Å². The van der Waals surface area contributed by atoms with Gasteiger partial charge in [0.1, 0.15) is 11.4 Å². The van der Waals surface area contributed by atoms with Gasteiger partial charge in [0.05, 0.1) is 17.3 Å². The Kier molecular flexibility index (Phi) is 6.50.